The van der Waals surface area contributed by atoms with Gasteiger partial charge in [-0.15, -0.1) is 0 Å². The molecule has 128 valence electrons. The molecule has 2 rings (SSSR count). The molecule has 0 spiro atoms. The molecule has 0 saturated heterocycles. The van der Waals surface area contributed by atoms with E-state index in [4.69, 9.17) is 4.74 Å². The van der Waals surface area contributed by atoms with Gasteiger partial charge in [-0.3, -0.25) is 0 Å². The van der Waals surface area contributed by atoms with Crippen molar-refractivity contribution in [2.45, 2.75) is 58.3 Å². The molecule has 1 nitrogen and oxygen atoms in total. The van der Waals surface area contributed by atoms with Crippen LogP contribution in [0.3, 0.4) is 0 Å². The molecular weight excluding hydrogens is 292 g/mol. The maximum atomic E-state index is 5.87. The van der Waals surface area contributed by atoms with Gasteiger partial charge >= 0.3 is 0 Å². The van der Waals surface area contributed by atoms with Crippen LogP contribution in [0.4, 0.5) is 0 Å². The van der Waals surface area contributed by atoms with Crippen molar-refractivity contribution in [2.75, 3.05) is 0 Å². The molecule has 0 aliphatic rings. The van der Waals surface area contributed by atoms with Gasteiger partial charge in [0.1, 0.15) is 5.75 Å². The van der Waals surface area contributed by atoms with Gasteiger partial charge in [0.05, 0.1) is 6.26 Å². The van der Waals surface area contributed by atoms with Gasteiger partial charge in [0.25, 0.3) is 0 Å². The second kappa shape index (κ2) is 11.5. The maximum absolute atomic E-state index is 5.87. The predicted octanol–water partition coefficient (Wildman–Crippen LogP) is 7.03. The van der Waals surface area contributed by atoms with Crippen LogP contribution >= 0.6 is 0 Å². The van der Waals surface area contributed by atoms with E-state index >= 15 is 0 Å². The molecule has 0 aliphatic carbocycles. The summed E-state index contributed by atoms with van der Waals surface area (Å²) in [4.78, 5) is 0. The van der Waals surface area contributed by atoms with Gasteiger partial charge in [-0.2, -0.15) is 0 Å². The lowest BCUT2D eigenvalue weighted by Gasteiger charge is -2.08. The fourth-order valence-electron chi connectivity index (χ4n) is 2.85. The number of benzene rings is 2. The molecule has 0 atom stereocenters. The monoisotopic (exact) mass is 322 g/mol. The highest BCUT2D eigenvalue weighted by molar-refractivity contribution is 5.48. The molecule has 0 aromatic heterocycles. The molecule has 24 heavy (non-hydrogen) atoms. The summed E-state index contributed by atoms with van der Waals surface area (Å²) in [6, 6.07) is 18.6. The van der Waals surface area contributed by atoms with E-state index in [0.29, 0.717) is 0 Å². The average Bonchev–Trinajstić information content (AvgIpc) is 2.63. The van der Waals surface area contributed by atoms with Crippen LogP contribution in [0.15, 0.2) is 60.9 Å². The van der Waals surface area contributed by atoms with Crippen LogP contribution in [0.25, 0.3) is 6.08 Å². The molecule has 2 aromatic rings. The number of ether oxygens (including phenoxy) is 1. The molecule has 0 heterocycles. The number of hydrogen-bond donors (Lipinski definition) is 0. The highest BCUT2D eigenvalue weighted by Crippen LogP contribution is 2.21. The quantitative estimate of drug-likeness (QED) is 0.319. The van der Waals surface area contributed by atoms with Gasteiger partial charge in [-0.1, -0.05) is 94.0 Å². The van der Waals surface area contributed by atoms with E-state index in [1.807, 2.05) is 30.3 Å². The zero-order valence-corrected chi connectivity index (χ0v) is 14.9. The smallest absolute Gasteiger partial charge is 0.129 e. The summed E-state index contributed by atoms with van der Waals surface area (Å²) < 4.78 is 5.87. The summed E-state index contributed by atoms with van der Waals surface area (Å²) in [5, 5.41) is 0. The van der Waals surface area contributed by atoms with Gasteiger partial charge in [-0.05, 0) is 36.1 Å². The van der Waals surface area contributed by atoms with Gasteiger partial charge in [0, 0.05) is 0 Å². The van der Waals surface area contributed by atoms with Crippen molar-refractivity contribution in [3.05, 3.63) is 72.0 Å². The van der Waals surface area contributed by atoms with Crippen molar-refractivity contribution in [1.29, 1.82) is 0 Å². The third-order valence-corrected chi connectivity index (χ3v) is 4.28. The number of para-hydroxylation sites is 1. The fourth-order valence-corrected chi connectivity index (χ4v) is 2.85. The SMILES string of the molecule is CCCCCCCCCc1ccccc1OC=Cc1ccccc1. The Morgan fingerprint density at radius 1 is 0.750 bits per heavy atom. The standard InChI is InChI=1S/C23H30O/c1-2-3-4-5-6-7-11-16-22-17-12-13-18-23(22)24-20-19-21-14-9-8-10-15-21/h8-10,12-15,17-20H,2-7,11,16H2,1H3. The molecule has 0 unspecified atom stereocenters. The average molecular weight is 322 g/mol. The van der Waals surface area contributed by atoms with Gasteiger partial charge in [0.15, 0.2) is 0 Å². The van der Waals surface area contributed by atoms with Crippen LogP contribution in [0, 0.1) is 0 Å². The third-order valence-electron chi connectivity index (χ3n) is 4.28. The van der Waals surface area contributed by atoms with Crippen LogP contribution in [-0.4, -0.2) is 0 Å². The molecule has 0 amide bonds. The van der Waals surface area contributed by atoms with Crippen LogP contribution in [-0.2, 0) is 6.42 Å². The van der Waals surface area contributed by atoms with E-state index in [9.17, 15) is 0 Å². The second-order valence-electron chi connectivity index (χ2n) is 6.31. The van der Waals surface area contributed by atoms with E-state index in [-0.39, 0.29) is 0 Å². The minimum atomic E-state index is 0.982. The first-order chi connectivity index (χ1) is 11.9. The Bertz CT molecular complexity index is 586. The summed E-state index contributed by atoms with van der Waals surface area (Å²) >= 11 is 0. The molecule has 0 radical (unpaired) electrons. The molecule has 0 saturated carbocycles. The van der Waals surface area contributed by atoms with Crippen molar-refractivity contribution in [2.24, 2.45) is 0 Å². The lowest BCUT2D eigenvalue weighted by Crippen LogP contribution is -1.92. The molecule has 2 aromatic carbocycles. The molecule has 1 heteroatoms. The molecule has 0 bridgehead atoms. The Morgan fingerprint density at radius 2 is 1.42 bits per heavy atom. The van der Waals surface area contributed by atoms with E-state index in [1.54, 1.807) is 6.26 Å². The molecule has 0 fully saturated rings. The number of rotatable bonds is 11. The minimum absolute atomic E-state index is 0.982. The predicted molar refractivity (Wildman–Crippen MR) is 104 cm³/mol. The maximum Gasteiger partial charge on any atom is 0.129 e. The molecular formula is C23H30O. The van der Waals surface area contributed by atoms with Gasteiger partial charge < -0.3 is 4.74 Å². The Morgan fingerprint density at radius 3 is 2.21 bits per heavy atom. The van der Waals surface area contributed by atoms with Gasteiger partial charge in [0.2, 0.25) is 0 Å². The Labute approximate surface area is 147 Å². The lowest BCUT2D eigenvalue weighted by atomic mass is 10.0. The van der Waals surface area contributed by atoms with E-state index in [0.717, 1.165) is 17.7 Å². The number of hydrogen-bond acceptors (Lipinski definition) is 1. The van der Waals surface area contributed by atoms with E-state index in [2.05, 4.69) is 37.3 Å². The summed E-state index contributed by atoms with van der Waals surface area (Å²) in [5.41, 5.74) is 2.46. The van der Waals surface area contributed by atoms with Crippen molar-refractivity contribution in [3.8, 4) is 5.75 Å². The first kappa shape index (κ1) is 18.3. The zero-order valence-electron chi connectivity index (χ0n) is 14.9. The fraction of sp³-hybridized carbons (Fsp3) is 0.391. The topological polar surface area (TPSA) is 9.23 Å². The summed E-state index contributed by atoms with van der Waals surface area (Å²) in [6.07, 6.45) is 14.3. The first-order valence-corrected chi connectivity index (χ1v) is 9.36. The zero-order chi connectivity index (χ0) is 16.9. The summed E-state index contributed by atoms with van der Waals surface area (Å²) in [5.74, 6) is 0.982. The summed E-state index contributed by atoms with van der Waals surface area (Å²) in [6.45, 7) is 2.27. The van der Waals surface area contributed by atoms with E-state index < -0.39 is 0 Å². The van der Waals surface area contributed by atoms with Crippen LogP contribution in [0.5, 0.6) is 5.75 Å². The Balaban J connectivity index is 1.76. The van der Waals surface area contributed by atoms with Crippen molar-refractivity contribution in [3.63, 3.8) is 0 Å². The van der Waals surface area contributed by atoms with Crippen LogP contribution < -0.4 is 4.74 Å². The number of unbranched alkanes of at least 4 members (excludes halogenated alkanes) is 6. The normalized spacial score (nSPS) is 11.0. The second-order valence-corrected chi connectivity index (χ2v) is 6.31. The Hall–Kier alpha value is -2.02. The first-order valence-electron chi connectivity index (χ1n) is 9.36. The highest BCUT2D eigenvalue weighted by atomic mass is 16.5. The van der Waals surface area contributed by atoms with Gasteiger partial charge in [-0.25, -0.2) is 0 Å². The summed E-state index contributed by atoms with van der Waals surface area (Å²) in [7, 11) is 0. The van der Waals surface area contributed by atoms with Crippen molar-refractivity contribution in [1.82, 2.24) is 0 Å². The van der Waals surface area contributed by atoms with Crippen molar-refractivity contribution < 1.29 is 4.74 Å². The van der Waals surface area contributed by atoms with Crippen LogP contribution in [0.1, 0.15) is 63.0 Å². The number of aryl methyl sites for hydroxylation is 1. The highest BCUT2D eigenvalue weighted by Gasteiger charge is 2.02. The largest absolute Gasteiger partial charge is 0.465 e. The third kappa shape index (κ3) is 7.04. The lowest BCUT2D eigenvalue weighted by molar-refractivity contribution is 0.476. The Kier molecular flexibility index (Phi) is 8.78. The van der Waals surface area contributed by atoms with Crippen LogP contribution in [0.2, 0.25) is 0 Å². The molecule has 0 aliphatic heterocycles. The van der Waals surface area contributed by atoms with E-state index in [1.165, 1.54) is 50.5 Å². The van der Waals surface area contributed by atoms with Crippen molar-refractivity contribution >= 4 is 6.08 Å². The minimum Gasteiger partial charge on any atom is -0.465 e. The molecule has 0 N–H and O–H groups in total.